The highest BCUT2D eigenvalue weighted by Gasteiger charge is 2.42. The molecule has 4 nitrogen and oxygen atoms in total. The van der Waals surface area contributed by atoms with Crippen molar-refractivity contribution in [1.29, 1.82) is 0 Å². The largest absolute Gasteiger partial charge is 0.481 e. The van der Waals surface area contributed by atoms with E-state index in [1.54, 1.807) is 0 Å². The molecule has 4 heteroatoms. The second kappa shape index (κ2) is 6.15. The summed E-state index contributed by atoms with van der Waals surface area (Å²) in [5.74, 6) is -0.137. The Morgan fingerprint density at radius 1 is 0.950 bits per heavy atom. The molecule has 2 aliphatic rings. The third-order valence-corrected chi connectivity index (χ3v) is 5.21. The molecule has 0 aromatic rings. The Labute approximate surface area is 121 Å². The predicted octanol–water partition coefficient (Wildman–Crippen LogP) is 2.67. The van der Waals surface area contributed by atoms with E-state index in [1.165, 1.54) is 0 Å². The van der Waals surface area contributed by atoms with Crippen LogP contribution in [0.2, 0.25) is 0 Å². The highest BCUT2D eigenvalue weighted by atomic mass is 16.4. The lowest BCUT2D eigenvalue weighted by Gasteiger charge is -2.34. The Hall–Kier alpha value is -1.06. The number of aliphatic carboxylic acids is 1. The van der Waals surface area contributed by atoms with E-state index in [4.69, 9.17) is 0 Å². The van der Waals surface area contributed by atoms with Crippen LogP contribution in [0.3, 0.4) is 0 Å². The summed E-state index contributed by atoms with van der Waals surface area (Å²) in [6, 6.07) is 0.226. The van der Waals surface area contributed by atoms with Gasteiger partial charge in [-0.05, 0) is 49.9 Å². The Bertz CT molecular complexity index is 382. The van der Waals surface area contributed by atoms with Gasteiger partial charge in [0.05, 0.1) is 11.8 Å². The van der Waals surface area contributed by atoms with Crippen LogP contribution in [0, 0.1) is 29.6 Å². The van der Waals surface area contributed by atoms with E-state index in [9.17, 15) is 14.7 Å². The number of carbonyl (C=O) groups is 2. The fraction of sp³-hybridized carbons (Fsp3) is 0.875. The molecule has 2 saturated carbocycles. The summed E-state index contributed by atoms with van der Waals surface area (Å²) in [5, 5.41) is 12.4. The normalized spacial score (nSPS) is 41.4. The molecule has 20 heavy (non-hydrogen) atoms. The van der Waals surface area contributed by atoms with Crippen molar-refractivity contribution >= 4 is 11.9 Å². The second-order valence-electron chi connectivity index (χ2n) is 7.14. The molecule has 2 N–H and O–H groups in total. The van der Waals surface area contributed by atoms with Crippen molar-refractivity contribution < 1.29 is 14.7 Å². The molecular weight excluding hydrogens is 254 g/mol. The van der Waals surface area contributed by atoms with Crippen LogP contribution in [0.1, 0.15) is 52.9 Å². The summed E-state index contributed by atoms with van der Waals surface area (Å²) in [6.07, 6.45) is 4.66. The molecule has 0 aliphatic heterocycles. The summed E-state index contributed by atoms with van der Waals surface area (Å²) < 4.78 is 0. The van der Waals surface area contributed by atoms with E-state index in [1.807, 2.05) is 6.92 Å². The topological polar surface area (TPSA) is 66.4 Å². The van der Waals surface area contributed by atoms with Crippen LogP contribution >= 0.6 is 0 Å². The smallest absolute Gasteiger partial charge is 0.307 e. The van der Waals surface area contributed by atoms with Crippen molar-refractivity contribution in [2.45, 2.75) is 58.9 Å². The maximum absolute atomic E-state index is 12.4. The second-order valence-corrected chi connectivity index (χ2v) is 7.14. The first-order valence-corrected chi connectivity index (χ1v) is 7.91. The third kappa shape index (κ3) is 3.33. The average molecular weight is 281 g/mol. The highest BCUT2D eigenvalue weighted by Crippen LogP contribution is 2.37. The Morgan fingerprint density at radius 2 is 1.60 bits per heavy atom. The molecule has 0 aromatic carbocycles. The minimum atomic E-state index is -0.820. The minimum Gasteiger partial charge on any atom is -0.481 e. The molecule has 114 valence electrons. The summed E-state index contributed by atoms with van der Waals surface area (Å²) in [6.45, 7) is 6.48. The van der Waals surface area contributed by atoms with Crippen LogP contribution in [0.15, 0.2) is 0 Å². The van der Waals surface area contributed by atoms with Gasteiger partial charge in [-0.15, -0.1) is 0 Å². The summed E-state index contributed by atoms with van der Waals surface area (Å²) in [7, 11) is 0. The molecular formula is C16H27NO3. The number of hydrogen-bond acceptors (Lipinski definition) is 2. The van der Waals surface area contributed by atoms with Gasteiger partial charge >= 0.3 is 5.97 Å². The van der Waals surface area contributed by atoms with Crippen LogP contribution in [-0.4, -0.2) is 23.0 Å². The highest BCUT2D eigenvalue weighted by molar-refractivity contribution is 5.85. The number of rotatable bonds is 3. The first kappa shape index (κ1) is 15.3. The molecule has 6 unspecified atom stereocenters. The van der Waals surface area contributed by atoms with Crippen LogP contribution in [0.25, 0.3) is 0 Å². The van der Waals surface area contributed by atoms with E-state index in [0.29, 0.717) is 24.7 Å². The lowest BCUT2D eigenvalue weighted by Crippen LogP contribution is -2.46. The fourth-order valence-corrected chi connectivity index (χ4v) is 4.02. The maximum Gasteiger partial charge on any atom is 0.307 e. The van der Waals surface area contributed by atoms with Crippen molar-refractivity contribution in [2.75, 3.05) is 0 Å². The number of amides is 1. The fourth-order valence-electron chi connectivity index (χ4n) is 4.02. The van der Waals surface area contributed by atoms with Crippen molar-refractivity contribution in [3.8, 4) is 0 Å². The number of carboxylic acid groups (broad SMARTS) is 1. The van der Waals surface area contributed by atoms with Crippen LogP contribution in [0.4, 0.5) is 0 Å². The number of nitrogens with one attached hydrogen (secondary N) is 1. The van der Waals surface area contributed by atoms with Crippen molar-refractivity contribution in [3.63, 3.8) is 0 Å². The monoisotopic (exact) mass is 281 g/mol. The summed E-state index contributed by atoms with van der Waals surface area (Å²) in [4.78, 5) is 23.7. The van der Waals surface area contributed by atoms with Crippen molar-refractivity contribution in [3.05, 3.63) is 0 Å². The van der Waals surface area contributed by atoms with Gasteiger partial charge in [0, 0.05) is 6.04 Å². The van der Waals surface area contributed by atoms with Crippen molar-refractivity contribution in [2.24, 2.45) is 29.6 Å². The number of hydrogen-bond donors (Lipinski definition) is 2. The van der Waals surface area contributed by atoms with Gasteiger partial charge < -0.3 is 10.4 Å². The van der Waals surface area contributed by atoms with Crippen molar-refractivity contribution in [1.82, 2.24) is 5.32 Å². The SMILES string of the molecule is CC1CCC(NC(=O)C2CC(C)CC2C(=O)O)C(C)C1. The average Bonchev–Trinajstić information content (AvgIpc) is 2.75. The Balaban J connectivity index is 1.95. The molecule has 1 amide bonds. The van der Waals surface area contributed by atoms with Gasteiger partial charge in [0.15, 0.2) is 0 Å². The predicted molar refractivity (Wildman–Crippen MR) is 77.1 cm³/mol. The molecule has 6 atom stereocenters. The molecule has 2 aliphatic carbocycles. The van der Waals surface area contributed by atoms with Crippen LogP contribution in [-0.2, 0) is 9.59 Å². The van der Waals surface area contributed by atoms with E-state index in [-0.39, 0.29) is 17.9 Å². The third-order valence-electron chi connectivity index (χ3n) is 5.21. The molecule has 0 heterocycles. The lowest BCUT2D eigenvalue weighted by atomic mass is 9.79. The van der Waals surface area contributed by atoms with Gasteiger partial charge in [-0.3, -0.25) is 9.59 Å². The molecule has 0 radical (unpaired) electrons. The number of carboxylic acids is 1. The Morgan fingerprint density at radius 3 is 2.20 bits per heavy atom. The Kier molecular flexibility index (Phi) is 4.71. The number of carbonyl (C=O) groups excluding carboxylic acids is 1. The molecule has 2 fully saturated rings. The zero-order valence-corrected chi connectivity index (χ0v) is 12.8. The van der Waals surface area contributed by atoms with Gasteiger partial charge in [-0.2, -0.15) is 0 Å². The quantitative estimate of drug-likeness (QED) is 0.836. The van der Waals surface area contributed by atoms with Gasteiger partial charge in [0.25, 0.3) is 0 Å². The zero-order chi connectivity index (χ0) is 14.9. The molecule has 2 rings (SSSR count). The van der Waals surface area contributed by atoms with E-state index >= 15 is 0 Å². The van der Waals surface area contributed by atoms with E-state index in [0.717, 1.165) is 25.2 Å². The van der Waals surface area contributed by atoms with Gasteiger partial charge in [-0.25, -0.2) is 0 Å². The first-order chi connectivity index (χ1) is 9.38. The zero-order valence-electron chi connectivity index (χ0n) is 12.8. The first-order valence-electron chi connectivity index (χ1n) is 7.91. The summed E-state index contributed by atoms with van der Waals surface area (Å²) in [5.41, 5.74) is 0. The minimum absolute atomic E-state index is 0.0341. The standard InChI is InChI=1S/C16H27NO3/c1-9-4-5-14(11(3)6-9)17-15(18)12-7-10(2)8-13(12)16(19)20/h9-14H,4-8H2,1-3H3,(H,17,18)(H,19,20). The maximum atomic E-state index is 12.4. The van der Waals surface area contributed by atoms with Gasteiger partial charge in [-0.1, -0.05) is 20.8 Å². The van der Waals surface area contributed by atoms with E-state index in [2.05, 4.69) is 19.2 Å². The van der Waals surface area contributed by atoms with Gasteiger partial charge in [0.1, 0.15) is 0 Å². The lowest BCUT2D eigenvalue weighted by molar-refractivity contribution is -0.146. The van der Waals surface area contributed by atoms with Gasteiger partial charge in [0.2, 0.25) is 5.91 Å². The van der Waals surface area contributed by atoms with Crippen LogP contribution < -0.4 is 5.32 Å². The molecule has 0 aromatic heterocycles. The molecule has 0 spiro atoms. The van der Waals surface area contributed by atoms with E-state index < -0.39 is 11.9 Å². The van der Waals surface area contributed by atoms with Crippen LogP contribution in [0.5, 0.6) is 0 Å². The molecule has 0 saturated heterocycles. The summed E-state index contributed by atoms with van der Waals surface area (Å²) >= 11 is 0. The molecule has 0 bridgehead atoms.